The molecule has 0 bridgehead atoms. The Bertz CT molecular complexity index is 675. The largest absolute Gasteiger partial charge is 0.352 e. The first kappa shape index (κ1) is 17.0. The highest BCUT2D eigenvalue weighted by molar-refractivity contribution is 7.09. The predicted molar refractivity (Wildman–Crippen MR) is 96.2 cm³/mol. The van der Waals surface area contributed by atoms with Crippen molar-refractivity contribution in [3.05, 3.63) is 45.7 Å². The van der Waals surface area contributed by atoms with Crippen molar-refractivity contribution in [3.63, 3.8) is 0 Å². The van der Waals surface area contributed by atoms with Gasteiger partial charge in [0, 0.05) is 30.4 Å². The summed E-state index contributed by atoms with van der Waals surface area (Å²) >= 11 is 1.71. The topological polar surface area (TPSA) is 58.1 Å². The third-order valence-electron chi connectivity index (χ3n) is 4.48. The summed E-state index contributed by atoms with van der Waals surface area (Å²) in [5.41, 5.74) is 2.74. The number of aryl methyl sites for hydroxylation is 2. The minimum absolute atomic E-state index is 0.0251. The maximum atomic E-state index is 12.1. The van der Waals surface area contributed by atoms with Gasteiger partial charge in [0.25, 0.3) is 5.91 Å². The van der Waals surface area contributed by atoms with E-state index in [0.29, 0.717) is 11.5 Å². The number of aromatic nitrogens is 2. The Kier molecular flexibility index (Phi) is 5.58. The van der Waals surface area contributed by atoms with Crippen LogP contribution in [0.5, 0.6) is 0 Å². The predicted octanol–water partition coefficient (Wildman–Crippen LogP) is 2.80. The second-order valence-corrected chi connectivity index (χ2v) is 7.54. The van der Waals surface area contributed by atoms with Crippen LogP contribution in [-0.2, 0) is 6.54 Å². The molecule has 3 rings (SSSR count). The summed E-state index contributed by atoms with van der Waals surface area (Å²) in [6.45, 7) is 7.80. The number of carbonyl (C=O) groups is 1. The van der Waals surface area contributed by atoms with Crippen LogP contribution >= 0.6 is 11.3 Å². The third kappa shape index (κ3) is 4.61. The van der Waals surface area contributed by atoms with E-state index in [1.54, 1.807) is 17.5 Å². The van der Waals surface area contributed by atoms with E-state index in [4.69, 9.17) is 0 Å². The van der Waals surface area contributed by atoms with Gasteiger partial charge in [-0.1, -0.05) is 0 Å². The first-order valence-electron chi connectivity index (χ1n) is 8.44. The molecule has 2 aromatic rings. The first-order valence-corrected chi connectivity index (χ1v) is 9.32. The Morgan fingerprint density at radius 3 is 2.75 bits per heavy atom. The lowest BCUT2D eigenvalue weighted by Crippen LogP contribution is -2.38. The molecule has 0 atom stereocenters. The summed E-state index contributed by atoms with van der Waals surface area (Å²) < 4.78 is 0. The summed E-state index contributed by atoms with van der Waals surface area (Å²) in [6, 6.07) is 3.70. The van der Waals surface area contributed by atoms with E-state index in [-0.39, 0.29) is 5.91 Å². The standard InChI is InChI=1S/C18H24N4OS/c1-13-3-4-16(10-19-13)18(23)20-9-15-5-7-22(8-6-15)11-17-12-24-14(2)21-17/h3-4,10,12,15H,5-9,11H2,1-2H3,(H,20,23). The number of nitrogens with one attached hydrogen (secondary N) is 1. The van der Waals surface area contributed by atoms with E-state index in [2.05, 4.69) is 25.6 Å². The fourth-order valence-electron chi connectivity index (χ4n) is 3.00. The highest BCUT2D eigenvalue weighted by Crippen LogP contribution is 2.19. The molecule has 1 saturated heterocycles. The van der Waals surface area contributed by atoms with Crippen molar-refractivity contribution in [3.8, 4) is 0 Å². The molecule has 0 radical (unpaired) electrons. The van der Waals surface area contributed by atoms with Gasteiger partial charge in [-0.25, -0.2) is 4.98 Å². The Balaban J connectivity index is 1.40. The van der Waals surface area contributed by atoms with Crippen molar-refractivity contribution in [2.24, 2.45) is 5.92 Å². The number of thiazole rings is 1. The van der Waals surface area contributed by atoms with Crippen LogP contribution in [-0.4, -0.2) is 40.4 Å². The van der Waals surface area contributed by atoms with Crippen LogP contribution in [0.3, 0.4) is 0 Å². The summed E-state index contributed by atoms with van der Waals surface area (Å²) in [5.74, 6) is 0.531. The molecular weight excluding hydrogens is 320 g/mol. The molecule has 3 heterocycles. The van der Waals surface area contributed by atoms with E-state index in [0.717, 1.165) is 49.7 Å². The van der Waals surface area contributed by atoms with Crippen LogP contribution < -0.4 is 5.32 Å². The minimum atomic E-state index is -0.0251. The molecule has 0 unspecified atom stereocenters. The maximum Gasteiger partial charge on any atom is 0.252 e. The van der Waals surface area contributed by atoms with Gasteiger partial charge in [-0.3, -0.25) is 14.7 Å². The van der Waals surface area contributed by atoms with Crippen LogP contribution in [0.2, 0.25) is 0 Å². The molecule has 0 saturated carbocycles. The second-order valence-electron chi connectivity index (χ2n) is 6.48. The number of carbonyl (C=O) groups excluding carboxylic acids is 1. The van der Waals surface area contributed by atoms with Crippen molar-refractivity contribution in [1.82, 2.24) is 20.2 Å². The smallest absolute Gasteiger partial charge is 0.252 e. The molecule has 0 aliphatic carbocycles. The first-order chi connectivity index (χ1) is 11.6. The SMILES string of the molecule is Cc1ccc(C(=O)NCC2CCN(Cc3csc(C)n3)CC2)cn1. The molecule has 0 spiro atoms. The molecule has 1 amide bonds. The summed E-state index contributed by atoms with van der Waals surface area (Å²) in [5, 5.41) is 6.33. The summed E-state index contributed by atoms with van der Waals surface area (Å²) in [6.07, 6.45) is 3.88. The van der Waals surface area contributed by atoms with Crippen LogP contribution in [0.4, 0.5) is 0 Å². The molecule has 6 heteroatoms. The van der Waals surface area contributed by atoms with Crippen LogP contribution in [0.25, 0.3) is 0 Å². The molecule has 1 N–H and O–H groups in total. The van der Waals surface area contributed by atoms with Gasteiger partial charge < -0.3 is 5.32 Å². The number of piperidine rings is 1. The molecule has 1 aliphatic rings. The van der Waals surface area contributed by atoms with Crippen molar-refractivity contribution in [2.75, 3.05) is 19.6 Å². The van der Waals surface area contributed by atoms with Gasteiger partial charge in [0.15, 0.2) is 0 Å². The zero-order valence-corrected chi connectivity index (χ0v) is 15.1. The number of nitrogens with zero attached hydrogens (tertiary/aromatic N) is 3. The molecular formula is C18H24N4OS. The van der Waals surface area contributed by atoms with Crippen LogP contribution in [0, 0.1) is 19.8 Å². The van der Waals surface area contributed by atoms with E-state index in [9.17, 15) is 4.79 Å². The zero-order chi connectivity index (χ0) is 16.9. The molecule has 5 nitrogen and oxygen atoms in total. The summed E-state index contributed by atoms with van der Waals surface area (Å²) in [4.78, 5) is 23.3. The average molecular weight is 344 g/mol. The fraction of sp³-hybridized carbons (Fsp3) is 0.500. The second kappa shape index (κ2) is 7.85. The lowest BCUT2D eigenvalue weighted by molar-refractivity contribution is 0.0934. The van der Waals surface area contributed by atoms with E-state index < -0.39 is 0 Å². The fourth-order valence-corrected chi connectivity index (χ4v) is 3.60. The van der Waals surface area contributed by atoms with E-state index in [1.807, 2.05) is 26.0 Å². The van der Waals surface area contributed by atoms with Gasteiger partial charge in [-0.2, -0.15) is 0 Å². The Morgan fingerprint density at radius 2 is 2.12 bits per heavy atom. The van der Waals surface area contributed by atoms with Gasteiger partial charge in [-0.15, -0.1) is 11.3 Å². The van der Waals surface area contributed by atoms with Crippen molar-refractivity contribution in [1.29, 1.82) is 0 Å². The van der Waals surface area contributed by atoms with Crippen molar-refractivity contribution < 1.29 is 4.79 Å². The average Bonchev–Trinajstić information content (AvgIpc) is 2.99. The monoisotopic (exact) mass is 344 g/mol. The number of amides is 1. The maximum absolute atomic E-state index is 12.1. The van der Waals surface area contributed by atoms with Crippen molar-refractivity contribution >= 4 is 17.2 Å². The normalized spacial score (nSPS) is 16.2. The molecule has 2 aromatic heterocycles. The number of rotatable bonds is 5. The third-order valence-corrected chi connectivity index (χ3v) is 5.31. The van der Waals surface area contributed by atoms with Gasteiger partial charge >= 0.3 is 0 Å². The molecule has 1 fully saturated rings. The van der Waals surface area contributed by atoms with Crippen LogP contribution in [0.15, 0.2) is 23.7 Å². The lowest BCUT2D eigenvalue weighted by atomic mass is 9.96. The van der Waals surface area contributed by atoms with Gasteiger partial charge in [-0.05, 0) is 57.8 Å². The Labute approximate surface area is 147 Å². The molecule has 0 aromatic carbocycles. The summed E-state index contributed by atoms with van der Waals surface area (Å²) in [7, 11) is 0. The number of pyridine rings is 1. The van der Waals surface area contributed by atoms with Gasteiger partial charge in [0.1, 0.15) is 0 Å². The van der Waals surface area contributed by atoms with E-state index >= 15 is 0 Å². The number of hydrogen-bond acceptors (Lipinski definition) is 5. The quantitative estimate of drug-likeness (QED) is 0.906. The van der Waals surface area contributed by atoms with Crippen molar-refractivity contribution in [2.45, 2.75) is 33.2 Å². The highest BCUT2D eigenvalue weighted by atomic mass is 32.1. The van der Waals surface area contributed by atoms with E-state index in [1.165, 1.54) is 5.69 Å². The molecule has 128 valence electrons. The Hall–Kier alpha value is -1.79. The lowest BCUT2D eigenvalue weighted by Gasteiger charge is -2.31. The molecule has 1 aliphatic heterocycles. The zero-order valence-electron chi connectivity index (χ0n) is 14.3. The molecule has 24 heavy (non-hydrogen) atoms. The number of likely N-dealkylation sites (tertiary alicyclic amines) is 1. The number of hydrogen-bond donors (Lipinski definition) is 1. The van der Waals surface area contributed by atoms with Gasteiger partial charge in [0.05, 0.1) is 16.3 Å². The van der Waals surface area contributed by atoms with Gasteiger partial charge in [0.2, 0.25) is 0 Å². The Morgan fingerprint density at radius 1 is 1.33 bits per heavy atom. The highest BCUT2D eigenvalue weighted by Gasteiger charge is 2.20. The minimum Gasteiger partial charge on any atom is -0.352 e. The van der Waals surface area contributed by atoms with Crippen LogP contribution in [0.1, 0.15) is 39.6 Å².